The zero-order chi connectivity index (χ0) is 34.5. The van der Waals surface area contributed by atoms with Gasteiger partial charge in [-0.1, -0.05) is 49.4 Å². The number of hydrogen-bond acceptors (Lipinski definition) is 7. The fourth-order valence-electron chi connectivity index (χ4n) is 5.68. The largest absolute Gasteiger partial charge is 0.354 e. The van der Waals surface area contributed by atoms with Crippen LogP contribution in [0.1, 0.15) is 28.7 Å². The maximum Gasteiger partial charge on any atom is 0.291 e. The van der Waals surface area contributed by atoms with E-state index >= 15 is 0 Å². The first-order chi connectivity index (χ1) is 23.7. The lowest BCUT2D eigenvalue weighted by Crippen LogP contribution is -2.41. The predicted octanol–water partition coefficient (Wildman–Crippen LogP) is 5.59. The Labute approximate surface area is 285 Å². The Hall–Kier alpha value is -5.78. The number of nitrogens with one attached hydrogen (secondary N) is 4. The number of amides is 3. The summed E-state index contributed by atoms with van der Waals surface area (Å²) in [5.74, 6) is -0.434. The number of fused-ring (bicyclic) bond motifs is 2. The van der Waals surface area contributed by atoms with E-state index in [1.54, 1.807) is 24.1 Å². The van der Waals surface area contributed by atoms with Crippen molar-refractivity contribution in [3.8, 4) is 0 Å². The summed E-state index contributed by atoms with van der Waals surface area (Å²) in [6.07, 6.45) is 0. The highest BCUT2D eigenvalue weighted by Gasteiger charge is 2.29. The molecule has 0 fully saturated rings. The quantitative estimate of drug-likeness (QED) is 0.129. The van der Waals surface area contributed by atoms with Gasteiger partial charge in [0, 0.05) is 42.8 Å². The summed E-state index contributed by atoms with van der Waals surface area (Å²) in [6.45, 7) is 4.89. The van der Waals surface area contributed by atoms with E-state index in [1.165, 1.54) is 0 Å². The summed E-state index contributed by atoms with van der Waals surface area (Å²) in [4.78, 5) is 53.0. The van der Waals surface area contributed by atoms with Gasteiger partial charge in [-0.05, 0) is 80.8 Å². The summed E-state index contributed by atoms with van der Waals surface area (Å²) < 4.78 is 0. The number of imidazole rings is 1. The molecule has 0 radical (unpaired) electrons. The number of carbonyl (C=O) groups is 3. The summed E-state index contributed by atoms with van der Waals surface area (Å²) in [7, 11) is 5.84. The lowest BCUT2D eigenvalue weighted by atomic mass is 9.99. The van der Waals surface area contributed by atoms with Crippen LogP contribution in [0.4, 0.5) is 22.7 Å². The molecule has 4 N–H and O–H groups in total. The fourth-order valence-corrected chi connectivity index (χ4v) is 5.68. The number of H-pyrrole nitrogens is 1. The van der Waals surface area contributed by atoms with E-state index in [0.29, 0.717) is 40.3 Å². The number of aromatic amines is 1. The minimum absolute atomic E-state index is 0.0146. The second kappa shape index (κ2) is 14.5. The van der Waals surface area contributed by atoms with Crippen LogP contribution in [0.5, 0.6) is 0 Å². The van der Waals surface area contributed by atoms with Crippen LogP contribution in [0.25, 0.3) is 22.3 Å². The van der Waals surface area contributed by atoms with E-state index in [0.717, 1.165) is 42.1 Å². The molecule has 11 heteroatoms. The Kier molecular flexibility index (Phi) is 9.84. The van der Waals surface area contributed by atoms with Crippen LogP contribution in [-0.2, 0) is 9.59 Å². The highest BCUT2D eigenvalue weighted by molar-refractivity contribution is 6.37. The number of rotatable bonds is 12. The van der Waals surface area contributed by atoms with Gasteiger partial charge < -0.3 is 30.7 Å². The third-order valence-electron chi connectivity index (χ3n) is 8.51. The van der Waals surface area contributed by atoms with Gasteiger partial charge in [0.25, 0.3) is 11.8 Å². The van der Waals surface area contributed by atoms with Crippen LogP contribution >= 0.6 is 0 Å². The van der Waals surface area contributed by atoms with Gasteiger partial charge in [-0.3, -0.25) is 19.3 Å². The van der Waals surface area contributed by atoms with Gasteiger partial charge in [0.05, 0.1) is 34.5 Å². The van der Waals surface area contributed by atoms with E-state index in [-0.39, 0.29) is 23.5 Å². The Morgan fingerprint density at radius 3 is 2.24 bits per heavy atom. The Bertz CT molecular complexity index is 1990. The second-order valence-electron chi connectivity index (χ2n) is 12.2. The van der Waals surface area contributed by atoms with Gasteiger partial charge in [0.1, 0.15) is 0 Å². The summed E-state index contributed by atoms with van der Waals surface area (Å²) in [5.41, 5.74) is 6.75. The molecule has 0 bridgehead atoms. The molecule has 11 nitrogen and oxygen atoms in total. The summed E-state index contributed by atoms with van der Waals surface area (Å²) in [5, 5.41) is 9.32. The van der Waals surface area contributed by atoms with Crippen LogP contribution in [0.3, 0.4) is 0 Å². The molecule has 2 heterocycles. The van der Waals surface area contributed by atoms with Gasteiger partial charge in [-0.25, -0.2) is 4.98 Å². The van der Waals surface area contributed by atoms with Crippen molar-refractivity contribution in [3.63, 3.8) is 0 Å². The van der Waals surface area contributed by atoms with Gasteiger partial charge >= 0.3 is 0 Å². The number of para-hydroxylation sites is 2. The smallest absolute Gasteiger partial charge is 0.291 e. The molecule has 1 aromatic heterocycles. The second-order valence-corrected chi connectivity index (χ2v) is 12.2. The summed E-state index contributed by atoms with van der Waals surface area (Å²) in [6, 6.07) is 30.0. The number of anilines is 4. The Morgan fingerprint density at radius 1 is 0.816 bits per heavy atom. The van der Waals surface area contributed by atoms with Crippen LogP contribution < -0.4 is 20.9 Å². The molecule has 0 saturated heterocycles. The number of carbonyl (C=O) groups excluding carboxylic acids is 3. The van der Waals surface area contributed by atoms with Gasteiger partial charge in [-0.2, -0.15) is 0 Å². The average Bonchev–Trinajstić information content (AvgIpc) is 3.69. The Balaban J connectivity index is 1.22. The van der Waals surface area contributed by atoms with E-state index in [2.05, 4.69) is 42.6 Å². The van der Waals surface area contributed by atoms with Gasteiger partial charge in [0.2, 0.25) is 5.91 Å². The van der Waals surface area contributed by atoms with Crippen molar-refractivity contribution in [1.82, 2.24) is 19.8 Å². The predicted molar refractivity (Wildman–Crippen MR) is 197 cm³/mol. The van der Waals surface area contributed by atoms with E-state index in [1.807, 2.05) is 99.0 Å². The van der Waals surface area contributed by atoms with Crippen LogP contribution in [0.2, 0.25) is 0 Å². The standard InChI is InChI=1S/C38H40N8O3/c1-5-46(22-21-44(2)3)24-33(47)45(4)28-18-15-26(16-19-28)39-35(25-11-7-6-8-12-25)34-29-20-17-27(23-32(29)43-37(34)48)40-38(49)36-41-30-13-9-10-14-31(30)42-36/h6-20,23,39H,5,21-22,24H2,1-4H3,(H,40,49)(H,41,42)(H,43,48)/b35-34-. The normalized spacial score (nSPS) is 13.4. The first kappa shape index (κ1) is 33.1. The minimum Gasteiger partial charge on any atom is -0.354 e. The van der Waals surface area contributed by atoms with Crippen molar-refractivity contribution in [2.75, 3.05) is 68.2 Å². The number of hydrogen-bond donors (Lipinski definition) is 4. The number of nitrogens with zero attached hydrogens (tertiary/aromatic N) is 4. The molecule has 49 heavy (non-hydrogen) atoms. The van der Waals surface area contributed by atoms with Crippen molar-refractivity contribution in [2.24, 2.45) is 0 Å². The highest BCUT2D eigenvalue weighted by Crippen LogP contribution is 2.39. The van der Waals surface area contributed by atoms with Crippen LogP contribution in [0.15, 0.2) is 97.1 Å². The molecule has 6 rings (SSSR count). The van der Waals surface area contributed by atoms with E-state index in [9.17, 15) is 14.4 Å². The van der Waals surface area contributed by atoms with Crippen molar-refractivity contribution in [3.05, 3.63) is 114 Å². The zero-order valence-electron chi connectivity index (χ0n) is 28.1. The lowest BCUT2D eigenvalue weighted by molar-refractivity contribution is -0.119. The van der Waals surface area contributed by atoms with Crippen molar-refractivity contribution in [1.29, 1.82) is 0 Å². The number of benzene rings is 4. The number of aromatic nitrogens is 2. The number of likely N-dealkylation sites (N-methyl/N-ethyl adjacent to an activating group) is 3. The molecule has 0 atom stereocenters. The molecule has 0 aliphatic carbocycles. The van der Waals surface area contributed by atoms with E-state index in [4.69, 9.17) is 0 Å². The summed E-state index contributed by atoms with van der Waals surface area (Å²) >= 11 is 0. The van der Waals surface area contributed by atoms with Gasteiger partial charge in [-0.15, -0.1) is 0 Å². The molecule has 1 aliphatic heterocycles. The molecule has 250 valence electrons. The zero-order valence-corrected chi connectivity index (χ0v) is 28.1. The topological polar surface area (TPSA) is 126 Å². The molecular weight excluding hydrogens is 616 g/mol. The third kappa shape index (κ3) is 7.53. The van der Waals surface area contributed by atoms with Crippen LogP contribution in [-0.4, -0.2) is 84.8 Å². The molecule has 1 aliphatic rings. The SMILES string of the molecule is CCN(CCN(C)C)CC(=O)N(C)c1ccc(N/C(=C2\C(=O)Nc3cc(NC(=O)c4nc5ccccc5[nH]4)ccc32)c2ccccc2)cc1. The van der Waals surface area contributed by atoms with E-state index < -0.39 is 0 Å². The lowest BCUT2D eigenvalue weighted by Gasteiger charge is -2.25. The highest BCUT2D eigenvalue weighted by atomic mass is 16.2. The molecule has 3 amide bonds. The third-order valence-corrected chi connectivity index (χ3v) is 8.51. The van der Waals surface area contributed by atoms with Crippen molar-refractivity contribution in [2.45, 2.75) is 6.92 Å². The first-order valence-corrected chi connectivity index (χ1v) is 16.2. The first-order valence-electron chi connectivity index (χ1n) is 16.2. The average molecular weight is 657 g/mol. The van der Waals surface area contributed by atoms with Gasteiger partial charge in [0.15, 0.2) is 5.82 Å². The maximum atomic E-state index is 13.5. The molecule has 4 aromatic carbocycles. The molecule has 5 aromatic rings. The molecule has 0 spiro atoms. The fraction of sp³-hybridized carbons (Fsp3) is 0.211. The minimum atomic E-state index is -0.384. The maximum absolute atomic E-state index is 13.5. The molecule has 0 saturated carbocycles. The Morgan fingerprint density at radius 2 is 1.53 bits per heavy atom. The monoisotopic (exact) mass is 656 g/mol. The molecule has 0 unspecified atom stereocenters. The van der Waals surface area contributed by atoms with Crippen molar-refractivity contribution < 1.29 is 14.4 Å². The van der Waals surface area contributed by atoms with Crippen molar-refractivity contribution >= 4 is 62.8 Å². The molecular formula is C38H40N8O3. The van der Waals surface area contributed by atoms with Crippen LogP contribution in [0, 0.1) is 0 Å².